The van der Waals surface area contributed by atoms with E-state index in [1.165, 1.54) is 18.2 Å². The molecule has 1 nitrogen and oxygen atoms in total. The maximum absolute atomic E-state index is 13.8. The Balaban J connectivity index is 2.56. The summed E-state index contributed by atoms with van der Waals surface area (Å²) < 4.78 is 28.1. The second kappa shape index (κ2) is 5.28. The molecule has 18 heavy (non-hydrogen) atoms. The van der Waals surface area contributed by atoms with E-state index >= 15 is 0 Å². The molecule has 0 saturated heterocycles. The van der Waals surface area contributed by atoms with E-state index in [9.17, 15) is 13.6 Å². The van der Waals surface area contributed by atoms with Crippen LogP contribution in [-0.4, -0.2) is 5.78 Å². The molecule has 0 amide bonds. The van der Waals surface area contributed by atoms with Gasteiger partial charge in [-0.15, -0.1) is 0 Å². The van der Waals surface area contributed by atoms with Crippen molar-refractivity contribution in [3.05, 3.63) is 68.1 Å². The average Bonchev–Trinajstić information content (AvgIpc) is 2.34. The molecule has 0 unspecified atom stereocenters. The third-order valence-corrected chi connectivity index (χ3v) is 3.46. The predicted octanol–water partition coefficient (Wildman–Crippen LogP) is 4.72. The molecule has 0 heterocycles. The normalized spacial score (nSPS) is 10.4. The number of carbonyl (C=O) groups excluding carboxylic acids is 1. The molecule has 0 aliphatic carbocycles. The zero-order chi connectivity index (χ0) is 13.3. The topological polar surface area (TPSA) is 17.1 Å². The molecule has 2 rings (SSSR count). The molecule has 0 N–H and O–H groups in total. The van der Waals surface area contributed by atoms with Crippen LogP contribution >= 0.6 is 31.9 Å². The first-order chi connectivity index (χ1) is 8.50. The number of hydrogen-bond acceptors (Lipinski definition) is 1. The van der Waals surface area contributed by atoms with Crippen LogP contribution < -0.4 is 0 Å². The van der Waals surface area contributed by atoms with Crippen LogP contribution in [0.3, 0.4) is 0 Å². The maximum atomic E-state index is 13.8. The molecular formula is C13H6Br2F2O. The van der Waals surface area contributed by atoms with Crippen molar-refractivity contribution in [3.63, 3.8) is 0 Å². The summed E-state index contributed by atoms with van der Waals surface area (Å²) in [7, 11) is 0. The highest BCUT2D eigenvalue weighted by atomic mass is 79.9. The first kappa shape index (κ1) is 13.4. The standard InChI is InChI=1S/C13H6Br2F2O/c14-8-3-1-2-7(6-8)13(18)11-10(16)5-4-9(15)12(11)17/h1-6H. The predicted molar refractivity (Wildman–Crippen MR) is 71.6 cm³/mol. The van der Waals surface area contributed by atoms with E-state index in [0.717, 1.165) is 6.07 Å². The van der Waals surface area contributed by atoms with Gasteiger partial charge >= 0.3 is 0 Å². The van der Waals surface area contributed by atoms with E-state index in [4.69, 9.17) is 0 Å². The fourth-order valence-electron chi connectivity index (χ4n) is 1.51. The van der Waals surface area contributed by atoms with Crippen molar-refractivity contribution >= 4 is 37.6 Å². The van der Waals surface area contributed by atoms with Gasteiger partial charge in [0, 0.05) is 10.0 Å². The van der Waals surface area contributed by atoms with Gasteiger partial charge in [0.1, 0.15) is 5.82 Å². The minimum Gasteiger partial charge on any atom is -0.288 e. The fraction of sp³-hybridized carbons (Fsp3) is 0. The lowest BCUT2D eigenvalue weighted by molar-refractivity contribution is 0.103. The van der Waals surface area contributed by atoms with Crippen LogP contribution in [0.5, 0.6) is 0 Å². The molecule has 2 aromatic carbocycles. The van der Waals surface area contributed by atoms with Gasteiger partial charge in [-0.3, -0.25) is 4.79 Å². The summed E-state index contributed by atoms with van der Waals surface area (Å²) in [6, 6.07) is 8.66. The third kappa shape index (κ3) is 2.52. The molecule has 2 aromatic rings. The lowest BCUT2D eigenvalue weighted by Gasteiger charge is -2.06. The molecule has 0 radical (unpaired) electrons. The Morgan fingerprint density at radius 3 is 2.44 bits per heavy atom. The lowest BCUT2D eigenvalue weighted by atomic mass is 10.0. The molecular weight excluding hydrogens is 370 g/mol. The van der Waals surface area contributed by atoms with Crippen LogP contribution in [0, 0.1) is 11.6 Å². The first-order valence-corrected chi connectivity index (χ1v) is 6.53. The van der Waals surface area contributed by atoms with Gasteiger partial charge in [-0.25, -0.2) is 8.78 Å². The molecule has 0 aromatic heterocycles. The van der Waals surface area contributed by atoms with Crippen molar-refractivity contribution in [3.8, 4) is 0 Å². The van der Waals surface area contributed by atoms with Gasteiger partial charge in [-0.05, 0) is 40.2 Å². The average molecular weight is 376 g/mol. The Labute approximate surface area is 119 Å². The minimum atomic E-state index is -0.889. The Morgan fingerprint density at radius 1 is 1.06 bits per heavy atom. The van der Waals surface area contributed by atoms with Crippen molar-refractivity contribution in [1.29, 1.82) is 0 Å². The quantitative estimate of drug-likeness (QED) is 0.548. The van der Waals surface area contributed by atoms with Crippen LogP contribution in [0.15, 0.2) is 45.3 Å². The highest BCUT2D eigenvalue weighted by molar-refractivity contribution is 9.10. The Bertz CT molecular complexity index is 626. The van der Waals surface area contributed by atoms with Gasteiger partial charge in [0.15, 0.2) is 11.6 Å². The largest absolute Gasteiger partial charge is 0.288 e. The van der Waals surface area contributed by atoms with Gasteiger partial charge in [0.2, 0.25) is 0 Å². The van der Waals surface area contributed by atoms with E-state index in [1.807, 2.05) is 0 Å². The lowest BCUT2D eigenvalue weighted by Crippen LogP contribution is -2.08. The summed E-state index contributed by atoms with van der Waals surface area (Å²) in [5, 5.41) is 0. The van der Waals surface area contributed by atoms with Crippen molar-refractivity contribution in [2.24, 2.45) is 0 Å². The van der Waals surface area contributed by atoms with Crippen molar-refractivity contribution in [2.75, 3.05) is 0 Å². The Hall–Kier alpha value is -1.07. The van der Waals surface area contributed by atoms with Crippen LogP contribution in [0.25, 0.3) is 0 Å². The van der Waals surface area contributed by atoms with E-state index in [2.05, 4.69) is 31.9 Å². The zero-order valence-electron chi connectivity index (χ0n) is 8.88. The van der Waals surface area contributed by atoms with Crippen LogP contribution in [-0.2, 0) is 0 Å². The highest BCUT2D eigenvalue weighted by Gasteiger charge is 2.21. The van der Waals surface area contributed by atoms with Crippen molar-refractivity contribution in [2.45, 2.75) is 0 Å². The molecule has 0 bridgehead atoms. The van der Waals surface area contributed by atoms with Crippen LogP contribution in [0.4, 0.5) is 8.78 Å². The van der Waals surface area contributed by atoms with Crippen LogP contribution in [0.2, 0.25) is 0 Å². The molecule has 0 aliphatic rings. The van der Waals surface area contributed by atoms with Crippen LogP contribution in [0.1, 0.15) is 15.9 Å². The molecule has 0 saturated carbocycles. The summed E-state index contributed by atoms with van der Waals surface area (Å²) in [6.07, 6.45) is 0. The minimum absolute atomic E-state index is 0.0576. The zero-order valence-corrected chi connectivity index (χ0v) is 12.1. The molecule has 92 valence electrons. The Morgan fingerprint density at radius 2 is 1.78 bits per heavy atom. The number of benzene rings is 2. The number of rotatable bonds is 2. The summed E-state index contributed by atoms with van der Waals surface area (Å²) in [5.41, 5.74) is -0.331. The highest BCUT2D eigenvalue weighted by Crippen LogP contribution is 2.24. The van der Waals surface area contributed by atoms with E-state index in [0.29, 0.717) is 4.47 Å². The van der Waals surface area contributed by atoms with E-state index in [1.54, 1.807) is 12.1 Å². The number of halogens is 4. The molecule has 5 heteroatoms. The van der Waals surface area contributed by atoms with Gasteiger partial charge in [-0.2, -0.15) is 0 Å². The molecule has 0 atom stereocenters. The smallest absolute Gasteiger partial charge is 0.199 e. The number of ketones is 1. The SMILES string of the molecule is O=C(c1cccc(Br)c1)c1c(F)ccc(Br)c1F. The summed E-state index contributed by atoms with van der Waals surface area (Å²) in [4.78, 5) is 12.1. The first-order valence-electron chi connectivity index (χ1n) is 4.94. The Kier molecular flexibility index (Phi) is 3.92. The van der Waals surface area contributed by atoms with Gasteiger partial charge in [-0.1, -0.05) is 28.1 Å². The summed E-state index contributed by atoms with van der Waals surface area (Å²) in [6.45, 7) is 0. The van der Waals surface area contributed by atoms with Gasteiger partial charge in [0.05, 0.1) is 10.0 Å². The third-order valence-electron chi connectivity index (χ3n) is 2.36. The second-order valence-corrected chi connectivity index (χ2v) is 5.33. The van der Waals surface area contributed by atoms with E-state index < -0.39 is 23.0 Å². The fourth-order valence-corrected chi connectivity index (χ4v) is 2.24. The van der Waals surface area contributed by atoms with Crippen molar-refractivity contribution < 1.29 is 13.6 Å². The number of hydrogen-bond donors (Lipinski definition) is 0. The maximum Gasteiger partial charge on any atom is 0.199 e. The van der Waals surface area contributed by atoms with Crippen molar-refractivity contribution in [1.82, 2.24) is 0 Å². The van der Waals surface area contributed by atoms with E-state index in [-0.39, 0.29) is 10.0 Å². The van der Waals surface area contributed by atoms with Gasteiger partial charge in [0.25, 0.3) is 0 Å². The molecule has 0 spiro atoms. The molecule has 0 aliphatic heterocycles. The van der Waals surface area contributed by atoms with Gasteiger partial charge < -0.3 is 0 Å². The second-order valence-electron chi connectivity index (χ2n) is 3.56. The summed E-state index contributed by atoms with van der Waals surface area (Å²) >= 11 is 6.14. The molecule has 0 fully saturated rings. The number of carbonyl (C=O) groups is 1. The summed E-state index contributed by atoms with van der Waals surface area (Å²) in [5.74, 6) is -2.45. The monoisotopic (exact) mass is 374 g/mol.